The van der Waals surface area contributed by atoms with Crippen LogP contribution in [0.3, 0.4) is 0 Å². The predicted molar refractivity (Wildman–Crippen MR) is 60.7 cm³/mol. The minimum Gasteiger partial charge on any atom is -0.353 e. The summed E-state index contributed by atoms with van der Waals surface area (Å²) in [6.45, 7) is 2.16. The molecule has 14 heavy (non-hydrogen) atoms. The van der Waals surface area contributed by atoms with Crippen LogP contribution < -0.4 is 0 Å². The van der Waals surface area contributed by atoms with Crippen molar-refractivity contribution in [1.82, 2.24) is 4.98 Å². The number of aryl methyl sites for hydroxylation is 1. The molecule has 2 rings (SSSR count). The molecule has 2 heteroatoms. The van der Waals surface area contributed by atoms with Crippen LogP contribution in [-0.2, 0) is 6.42 Å². The monoisotopic (exact) mass is 203 g/mol. The van der Waals surface area contributed by atoms with E-state index in [0.717, 1.165) is 6.42 Å². The van der Waals surface area contributed by atoms with Crippen LogP contribution in [0, 0.1) is 0 Å². The fourth-order valence-corrected chi connectivity index (χ4v) is 2.16. The van der Waals surface area contributed by atoms with Gasteiger partial charge in [-0.2, -0.15) is 0 Å². The van der Waals surface area contributed by atoms with Crippen LogP contribution in [0.5, 0.6) is 0 Å². The van der Waals surface area contributed by atoms with E-state index in [-0.39, 0.29) is 0 Å². The first-order chi connectivity index (χ1) is 6.88. The summed E-state index contributed by atoms with van der Waals surface area (Å²) >= 11 is 1.77. The number of hydrogen-bond acceptors (Lipinski definition) is 1. The lowest BCUT2D eigenvalue weighted by Gasteiger charge is -1.97. The third-order valence-electron chi connectivity index (χ3n) is 2.07. The second-order valence-electron chi connectivity index (χ2n) is 3.12. The summed E-state index contributed by atoms with van der Waals surface area (Å²) in [4.78, 5) is 4.65. The van der Waals surface area contributed by atoms with Gasteiger partial charge in [0.25, 0.3) is 0 Å². The number of hydrogen-bond donors (Lipinski definition) is 1. The van der Waals surface area contributed by atoms with Crippen molar-refractivity contribution in [2.45, 2.75) is 23.3 Å². The zero-order valence-electron chi connectivity index (χ0n) is 8.16. The van der Waals surface area contributed by atoms with E-state index in [9.17, 15) is 0 Å². The number of rotatable bonds is 3. The largest absolute Gasteiger partial charge is 0.353 e. The van der Waals surface area contributed by atoms with Gasteiger partial charge >= 0.3 is 0 Å². The van der Waals surface area contributed by atoms with Crippen molar-refractivity contribution in [3.8, 4) is 0 Å². The van der Waals surface area contributed by atoms with Gasteiger partial charge in [-0.15, -0.1) is 0 Å². The minimum atomic E-state index is 1.06. The van der Waals surface area contributed by atoms with E-state index in [1.54, 1.807) is 11.8 Å². The first kappa shape index (κ1) is 9.41. The number of benzene rings is 1. The minimum absolute atomic E-state index is 1.06. The van der Waals surface area contributed by atoms with E-state index in [1.807, 2.05) is 6.07 Å². The Labute approximate surface area is 88.6 Å². The summed E-state index contributed by atoms with van der Waals surface area (Å²) in [5, 5.41) is 1.22. The van der Waals surface area contributed by atoms with Gasteiger partial charge in [0.15, 0.2) is 0 Å². The third-order valence-corrected chi connectivity index (χ3v) is 3.04. The van der Waals surface area contributed by atoms with E-state index in [0.29, 0.717) is 0 Å². The first-order valence-corrected chi connectivity index (χ1v) is 5.61. The molecule has 0 saturated carbocycles. The number of aromatic nitrogens is 1. The molecular weight excluding hydrogens is 190 g/mol. The second kappa shape index (κ2) is 4.38. The quantitative estimate of drug-likeness (QED) is 0.803. The molecule has 0 spiro atoms. The lowest BCUT2D eigenvalue weighted by atomic mass is 10.4. The highest BCUT2D eigenvalue weighted by molar-refractivity contribution is 7.99. The molecule has 0 radical (unpaired) electrons. The van der Waals surface area contributed by atoms with Crippen molar-refractivity contribution >= 4 is 11.8 Å². The van der Waals surface area contributed by atoms with Crippen molar-refractivity contribution < 1.29 is 0 Å². The van der Waals surface area contributed by atoms with Crippen molar-refractivity contribution in [2.24, 2.45) is 0 Å². The predicted octanol–water partition coefficient (Wildman–Crippen LogP) is 3.73. The Kier molecular flexibility index (Phi) is 2.94. The summed E-state index contributed by atoms with van der Waals surface area (Å²) in [6.07, 6.45) is 1.06. The van der Waals surface area contributed by atoms with E-state index >= 15 is 0 Å². The molecule has 0 atom stereocenters. The number of aromatic amines is 1. The maximum Gasteiger partial charge on any atom is 0.0772 e. The highest BCUT2D eigenvalue weighted by Gasteiger charge is 1.98. The molecular formula is C12H13NS. The van der Waals surface area contributed by atoms with Crippen LogP contribution in [0.15, 0.2) is 52.4 Å². The molecule has 72 valence electrons. The molecule has 0 bridgehead atoms. The van der Waals surface area contributed by atoms with E-state index in [1.165, 1.54) is 15.6 Å². The van der Waals surface area contributed by atoms with Gasteiger partial charge in [-0.05, 0) is 30.7 Å². The fraction of sp³-hybridized carbons (Fsp3) is 0.167. The van der Waals surface area contributed by atoms with Crippen LogP contribution in [0.25, 0.3) is 0 Å². The van der Waals surface area contributed by atoms with Gasteiger partial charge in [-0.3, -0.25) is 0 Å². The highest BCUT2D eigenvalue weighted by Crippen LogP contribution is 2.26. The third kappa shape index (κ3) is 2.20. The molecule has 1 N–H and O–H groups in total. The number of nitrogens with one attached hydrogen (secondary N) is 1. The number of H-pyrrole nitrogens is 1. The average molecular weight is 203 g/mol. The highest BCUT2D eigenvalue weighted by atomic mass is 32.2. The molecule has 1 heterocycles. The van der Waals surface area contributed by atoms with E-state index in [4.69, 9.17) is 0 Å². The Bertz CT molecular complexity index is 392. The maximum absolute atomic E-state index is 3.37. The lowest BCUT2D eigenvalue weighted by molar-refractivity contribution is 1.02. The van der Waals surface area contributed by atoms with Crippen LogP contribution >= 0.6 is 11.8 Å². The van der Waals surface area contributed by atoms with E-state index < -0.39 is 0 Å². The van der Waals surface area contributed by atoms with Gasteiger partial charge in [-0.25, -0.2) is 0 Å². The SMILES string of the molecule is CCc1ccc(Sc2ccccc2)[nH]1. The molecule has 1 nitrogen and oxygen atoms in total. The van der Waals surface area contributed by atoms with Gasteiger partial charge in [0, 0.05) is 10.6 Å². The van der Waals surface area contributed by atoms with Crippen molar-refractivity contribution in [3.05, 3.63) is 48.2 Å². The standard InChI is InChI=1S/C12H13NS/c1-2-10-8-9-12(13-10)14-11-6-4-3-5-7-11/h3-9,13H,2H2,1H3. The van der Waals surface area contributed by atoms with Crippen molar-refractivity contribution in [2.75, 3.05) is 0 Å². The molecule has 1 aromatic heterocycles. The Hall–Kier alpha value is -1.15. The zero-order valence-corrected chi connectivity index (χ0v) is 8.97. The second-order valence-corrected chi connectivity index (χ2v) is 4.23. The van der Waals surface area contributed by atoms with Gasteiger partial charge in [0.2, 0.25) is 0 Å². The lowest BCUT2D eigenvalue weighted by Crippen LogP contribution is -1.78. The molecule has 0 amide bonds. The van der Waals surface area contributed by atoms with Crippen molar-refractivity contribution in [1.29, 1.82) is 0 Å². The van der Waals surface area contributed by atoms with Crippen LogP contribution in [0.2, 0.25) is 0 Å². The molecule has 0 unspecified atom stereocenters. The summed E-state index contributed by atoms with van der Waals surface area (Å²) in [6, 6.07) is 14.7. The Balaban J connectivity index is 2.11. The van der Waals surface area contributed by atoms with E-state index in [2.05, 4.69) is 48.3 Å². The first-order valence-electron chi connectivity index (χ1n) is 4.79. The van der Waals surface area contributed by atoms with Gasteiger partial charge < -0.3 is 4.98 Å². The Morgan fingerprint density at radius 2 is 1.86 bits per heavy atom. The summed E-state index contributed by atoms with van der Waals surface area (Å²) in [5.74, 6) is 0. The van der Waals surface area contributed by atoms with Crippen LogP contribution in [0.4, 0.5) is 0 Å². The van der Waals surface area contributed by atoms with Gasteiger partial charge in [0.05, 0.1) is 5.03 Å². The molecule has 0 aliphatic rings. The average Bonchev–Trinajstić information content (AvgIpc) is 2.67. The topological polar surface area (TPSA) is 15.8 Å². The normalized spacial score (nSPS) is 10.4. The van der Waals surface area contributed by atoms with Crippen LogP contribution in [-0.4, -0.2) is 4.98 Å². The molecule has 0 saturated heterocycles. The molecule has 1 aromatic carbocycles. The molecule has 0 fully saturated rings. The van der Waals surface area contributed by atoms with Gasteiger partial charge in [-0.1, -0.05) is 36.9 Å². The Morgan fingerprint density at radius 3 is 2.50 bits per heavy atom. The maximum atomic E-state index is 3.37. The molecule has 0 aliphatic heterocycles. The summed E-state index contributed by atoms with van der Waals surface area (Å²) < 4.78 is 0. The van der Waals surface area contributed by atoms with Crippen molar-refractivity contribution in [3.63, 3.8) is 0 Å². The molecule has 2 aromatic rings. The van der Waals surface area contributed by atoms with Crippen LogP contribution in [0.1, 0.15) is 12.6 Å². The zero-order chi connectivity index (χ0) is 9.80. The smallest absolute Gasteiger partial charge is 0.0772 e. The van der Waals surface area contributed by atoms with Gasteiger partial charge in [0.1, 0.15) is 0 Å². The summed E-state index contributed by atoms with van der Waals surface area (Å²) in [5.41, 5.74) is 1.29. The molecule has 0 aliphatic carbocycles. The summed E-state index contributed by atoms with van der Waals surface area (Å²) in [7, 11) is 0. The Morgan fingerprint density at radius 1 is 1.07 bits per heavy atom. The fourth-order valence-electron chi connectivity index (χ4n) is 1.30.